The van der Waals surface area contributed by atoms with Crippen LogP contribution in [-0.4, -0.2) is 16.8 Å². The zero-order valence-corrected chi connectivity index (χ0v) is 12.7. The van der Waals surface area contributed by atoms with Crippen LogP contribution in [0.5, 0.6) is 0 Å². The van der Waals surface area contributed by atoms with Crippen LogP contribution in [0.2, 0.25) is 0 Å². The van der Waals surface area contributed by atoms with Crippen molar-refractivity contribution in [3.8, 4) is 0 Å². The molecular formula is C17H19N3O2. The van der Waals surface area contributed by atoms with Crippen molar-refractivity contribution < 1.29 is 9.59 Å². The average Bonchev–Trinajstić information content (AvgIpc) is 2.47. The number of carbonyl (C=O) groups excluding carboxylic acids is 2. The zero-order chi connectivity index (χ0) is 15.9. The summed E-state index contributed by atoms with van der Waals surface area (Å²) in [7, 11) is 0. The van der Waals surface area contributed by atoms with Gasteiger partial charge in [-0.1, -0.05) is 13.0 Å². The van der Waals surface area contributed by atoms with Crippen molar-refractivity contribution in [2.45, 2.75) is 26.2 Å². The van der Waals surface area contributed by atoms with Gasteiger partial charge in [-0.15, -0.1) is 0 Å². The van der Waals surface area contributed by atoms with E-state index in [4.69, 9.17) is 0 Å². The number of anilines is 2. The third-order valence-electron chi connectivity index (χ3n) is 3.23. The van der Waals surface area contributed by atoms with Crippen LogP contribution in [0.4, 0.5) is 11.4 Å². The Bertz CT molecular complexity index is 656. The van der Waals surface area contributed by atoms with E-state index in [0.29, 0.717) is 17.8 Å². The van der Waals surface area contributed by atoms with E-state index in [1.165, 1.54) is 6.92 Å². The Labute approximate surface area is 129 Å². The molecule has 22 heavy (non-hydrogen) atoms. The van der Waals surface area contributed by atoms with Crippen molar-refractivity contribution in [1.29, 1.82) is 0 Å². The van der Waals surface area contributed by atoms with E-state index in [0.717, 1.165) is 5.56 Å². The van der Waals surface area contributed by atoms with E-state index in [1.54, 1.807) is 36.7 Å². The molecule has 0 saturated carbocycles. The Morgan fingerprint density at radius 1 is 1.09 bits per heavy atom. The van der Waals surface area contributed by atoms with Crippen LogP contribution in [0.3, 0.4) is 0 Å². The van der Waals surface area contributed by atoms with E-state index in [9.17, 15) is 9.59 Å². The fraction of sp³-hybridized carbons (Fsp3) is 0.235. The predicted molar refractivity (Wildman–Crippen MR) is 86.6 cm³/mol. The lowest BCUT2D eigenvalue weighted by Crippen LogP contribution is -2.14. The third kappa shape index (κ3) is 4.70. The number of benzene rings is 1. The van der Waals surface area contributed by atoms with Gasteiger partial charge in [-0.2, -0.15) is 0 Å². The molecule has 2 aromatic rings. The number of nitrogens with zero attached hydrogens (tertiary/aromatic N) is 1. The van der Waals surface area contributed by atoms with Gasteiger partial charge < -0.3 is 10.6 Å². The lowest BCUT2D eigenvalue weighted by molar-refractivity contribution is -0.116. The van der Waals surface area contributed by atoms with Crippen molar-refractivity contribution in [2.75, 3.05) is 10.6 Å². The van der Waals surface area contributed by atoms with Gasteiger partial charge in [0.1, 0.15) is 0 Å². The molecule has 1 heterocycles. The highest BCUT2D eigenvalue weighted by molar-refractivity contribution is 5.93. The first-order chi connectivity index (χ1) is 10.5. The van der Waals surface area contributed by atoms with E-state index in [2.05, 4.69) is 15.6 Å². The molecule has 5 heteroatoms. The Hall–Kier alpha value is -2.69. The van der Waals surface area contributed by atoms with E-state index >= 15 is 0 Å². The van der Waals surface area contributed by atoms with Gasteiger partial charge in [-0.05, 0) is 41.8 Å². The molecule has 0 bridgehead atoms. The van der Waals surface area contributed by atoms with Crippen molar-refractivity contribution in [2.24, 2.45) is 0 Å². The summed E-state index contributed by atoms with van der Waals surface area (Å²) in [6.45, 7) is 3.45. The Balaban J connectivity index is 1.96. The molecule has 2 rings (SSSR count). The van der Waals surface area contributed by atoms with Gasteiger partial charge in [-0.3, -0.25) is 14.6 Å². The van der Waals surface area contributed by atoms with Crippen LogP contribution in [0.25, 0.3) is 0 Å². The number of pyridine rings is 1. The zero-order valence-electron chi connectivity index (χ0n) is 12.7. The first-order valence-electron chi connectivity index (χ1n) is 7.12. The predicted octanol–water partition coefficient (Wildman–Crippen LogP) is 3.17. The van der Waals surface area contributed by atoms with Gasteiger partial charge in [0.05, 0.1) is 0 Å². The smallest absolute Gasteiger partial charge is 0.224 e. The van der Waals surface area contributed by atoms with Crippen LogP contribution in [-0.2, 0) is 9.59 Å². The second-order valence-electron chi connectivity index (χ2n) is 5.20. The Kier molecular flexibility index (Phi) is 5.25. The lowest BCUT2D eigenvalue weighted by atomic mass is 9.98. The van der Waals surface area contributed by atoms with Crippen molar-refractivity contribution >= 4 is 23.2 Å². The van der Waals surface area contributed by atoms with Gasteiger partial charge in [0.15, 0.2) is 0 Å². The van der Waals surface area contributed by atoms with Crippen LogP contribution < -0.4 is 10.6 Å². The van der Waals surface area contributed by atoms with Gasteiger partial charge in [0.2, 0.25) is 11.8 Å². The maximum Gasteiger partial charge on any atom is 0.224 e. The molecule has 114 valence electrons. The highest BCUT2D eigenvalue weighted by Gasteiger charge is 2.11. The molecule has 1 aromatic heterocycles. The fourth-order valence-corrected chi connectivity index (χ4v) is 2.18. The topological polar surface area (TPSA) is 71.1 Å². The number of nitrogens with one attached hydrogen (secondary N) is 2. The van der Waals surface area contributed by atoms with Crippen LogP contribution >= 0.6 is 0 Å². The molecule has 1 atom stereocenters. The maximum absolute atomic E-state index is 12.1. The lowest BCUT2D eigenvalue weighted by Gasteiger charge is -2.12. The molecule has 1 aromatic carbocycles. The molecule has 0 fully saturated rings. The number of rotatable bonds is 5. The summed E-state index contributed by atoms with van der Waals surface area (Å²) in [6, 6.07) is 10.9. The van der Waals surface area contributed by atoms with Crippen LogP contribution in [0.15, 0.2) is 48.8 Å². The minimum absolute atomic E-state index is 0.0655. The first-order valence-corrected chi connectivity index (χ1v) is 7.12. The molecular weight excluding hydrogens is 278 g/mol. The molecule has 2 amide bonds. The SMILES string of the molecule is CC(=O)Nc1cccc(NC(=O)CC(C)c2ccncc2)c1. The summed E-state index contributed by atoms with van der Waals surface area (Å²) in [4.78, 5) is 27.1. The second kappa shape index (κ2) is 7.36. The summed E-state index contributed by atoms with van der Waals surface area (Å²) >= 11 is 0. The summed E-state index contributed by atoms with van der Waals surface area (Å²) in [5.74, 6) is -0.0967. The molecule has 0 radical (unpaired) electrons. The quantitative estimate of drug-likeness (QED) is 0.890. The fourth-order valence-electron chi connectivity index (χ4n) is 2.18. The number of hydrogen-bond donors (Lipinski definition) is 2. The van der Waals surface area contributed by atoms with Gasteiger partial charge in [0, 0.05) is 37.1 Å². The number of amides is 2. The monoisotopic (exact) mass is 297 g/mol. The molecule has 0 saturated heterocycles. The van der Waals surface area contributed by atoms with Crippen molar-refractivity contribution in [3.05, 3.63) is 54.4 Å². The molecule has 2 N–H and O–H groups in total. The minimum atomic E-state index is -0.144. The summed E-state index contributed by atoms with van der Waals surface area (Å²) in [5, 5.41) is 5.54. The van der Waals surface area contributed by atoms with Crippen molar-refractivity contribution in [1.82, 2.24) is 4.98 Å². The highest BCUT2D eigenvalue weighted by Crippen LogP contribution is 2.20. The highest BCUT2D eigenvalue weighted by atomic mass is 16.2. The average molecular weight is 297 g/mol. The molecule has 0 aliphatic heterocycles. The molecule has 0 spiro atoms. The number of hydrogen-bond acceptors (Lipinski definition) is 3. The Morgan fingerprint density at radius 3 is 2.36 bits per heavy atom. The Morgan fingerprint density at radius 2 is 1.73 bits per heavy atom. The van der Waals surface area contributed by atoms with Gasteiger partial charge in [0.25, 0.3) is 0 Å². The van der Waals surface area contributed by atoms with Gasteiger partial charge in [-0.25, -0.2) is 0 Å². The van der Waals surface area contributed by atoms with E-state index in [1.807, 2.05) is 19.1 Å². The minimum Gasteiger partial charge on any atom is -0.326 e. The molecule has 0 aliphatic rings. The maximum atomic E-state index is 12.1. The largest absolute Gasteiger partial charge is 0.326 e. The summed E-state index contributed by atoms with van der Waals surface area (Å²) in [5.41, 5.74) is 2.41. The van der Waals surface area contributed by atoms with Crippen molar-refractivity contribution in [3.63, 3.8) is 0 Å². The van der Waals surface area contributed by atoms with E-state index < -0.39 is 0 Å². The molecule has 5 nitrogen and oxygen atoms in total. The second-order valence-corrected chi connectivity index (χ2v) is 5.20. The van der Waals surface area contributed by atoms with Crippen LogP contribution in [0.1, 0.15) is 31.7 Å². The van der Waals surface area contributed by atoms with E-state index in [-0.39, 0.29) is 17.7 Å². The summed E-state index contributed by atoms with van der Waals surface area (Å²) in [6.07, 6.45) is 3.83. The number of carbonyl (C=O) groups is 2. The normalized spacial score (nSPS) is 11.5. The van der Waals surface area contributed by atoms with Crippen LogP contribution in [0, 0.1) is 0 Å². The molecule has 1 unspecified atom stereocenters. The van der Waals surface area contributed by atoms with Gasteiger partial charge >= 0.3 is 0 Å². The first kappa shape index (κ1) is 15.7. The third-order valence-corrected chi connectivity index (χ3v) is 3.23. The number of aromatic nitrogens is 1. The standard InChI is InChI=1S/C17H19N3O2/c1-12(14-6-8-18-9-7-14)10-17(22)20-16-5-3-4-15(11-16)19-13(2)21/h3-9,11-12H,10H2,1-2H3,(H,19,21)(H,20,22). The molecule has 0 aliphatic carbocycles. The summed E-state index contributed by atoms with van der Waals surface area (Å²) < 4.78 is 0.